The van der Waals surface area contributed by atoms with Crippen LogP contribution in [0.1, 0.15) is 58.4 Å². The van der Waals surface area contributed by atoms with Crippen LogP contribution in [0.25, 0.3) is 0 Å². The number of nitrogens with zero attached hydrogens (tertiary/aromatic N) is 1. The summed E-state index contributed by atoms with van der Waals surface area (Å²) in [5.74, 6) is 0.0996. The van der Waals surface area contributed by atoms with Gasteiger partial charge in [-0.05, 0) is 37.7 Å². The molecule has 3 rings (SSSR count). The number of carbonyl (C=O) groups excluding carboxylic acids is 2. The summed E-state index contributed by atoms with van der Waals surface area (Å²) in [5.41, 5.74) is 0.734. The van der Waals surface area contributed by atoms with Crippen LogP contribution in [0.15, 0.2) is 30.3 Å². The molecule has 1 aromatic carbocycles. The fraction of sp³-hybridized carbons (Fsp3) is 0.619. The van der Waals surface area contributed by atoms with Gasteiger partial charge < -0.3 is 15.5 Å². The molecule has 3 atom stereocenters. The van der Waals surface area contributed by atoms with Crippen LogP contribution in [0.5, 0.6) is 0 Å². The third-order valence-corrected chi connectivity index (χ3v) is 5.51. The van der Waals surface area contributed by atoms with Gasteiger partial charge in [0.15, 0.2) is 0 Å². The molecule has 2 heterocycles. The maximum absolute atomic E-state index is 12.8. The lowest BCUT2D eigenvalue weighted by molar-refractivity contribution is -0.129. The molecule has 142 valence electrons. The van der Waals surface area contributed by atoms with E-state index < -0.39 is 0 Å². The topological polar surface area (TPSA) is 61.4 Å². The molecular formula is C21H31N3O2. The number of carbonyl (C=O) groups is 2. The summed E-state index contributed by atoms with van der Waals surface area (Å²) >= 11 is 0. The van der Waals surface area contributed by atoms with Crippen LogP contribution in [0.2, 0.25) is 0 Å². The Bertz CT molecular complexity index is 624. The van der Waals surface area contributed by atoms with E-state index in [0.717, 1.165) is 37.7 Å². The molecule has 5 heteroatoms. The summed E-state index contributed by atoms with van der Waals surface area (Å²) in [6.07, 6.45) is 4.93. The van der Waals surface area contributed by atoms with Crippen molar-refractivity contribution in [1.82, 2.24) is 15.5 Å². The lowest BCUT2D eigenvalue weighted by Crippen LogP contribution is -2.61. The fourth-order valence-electron chi connectivity index (χ4n) is 4.10. The summed E-state index contributed by atoms with van der Waals surface area (Å²) in [7, 11) is 0. The highest BCUT2D eigenvalue weighted by Gasteiger charge is 2.41. The Kier molecular flexibility index (Phi) is 5.54. The van der Waals surface area contributed by atoms with E-state index in [1.54, 1.807) is 0 Å². The largest absolute Gasteiger partial charge is 0.353 e. The monoisotopic (exact) mass is 357 g/mol. The zero-order chi connectivity index (χ0) is 18.7. The van der Waals surface area contributed by atoms with Crippen LogP contribution in [0, 0.1) is 5.41 Å². The number of hydrogen-bond acceptors (Lipinski definition) is 2. The number of hydrogen-bond donors (Lipinski definition) is 2. The number of urea groups is 1. The second-order valence-corrected chi connectivity index (χ2v) is 8.68. The number of fused-ring (bicyclic) bond motifs is 2. The van der Waals surface area contributed by atoms with E-state index in [-0.39, 0.29) is 35.5 Å². The van der Waals surface area contributed by atoms with Crippen molar-refractivity contribution in [3.05, 3.63) is 35.9 Å². The highest BCUT2D eigenvalue weighted by Crippen LogP contribution is 2.34. The van der Waals surface area contributed by atoms with E-state index >= 15 is 0 Å². The molecular weight excluding hydrogens is 326 g/mol. The van der Waals surface area contributed by atoms with Crippen LogP contribution in [-0.4, -0.2) is 35.0 Å². The van der Waals surface area contributed by atoms with E-state index in [4.69, 9.17) is 0 Å². The first kappa shape index (κ1) is 18.7. The maximum atomic E-state index is 12.8. The quantitative estimate of drug-likeness (QED) is 0.870. The molecule has 0 aliphatic carbocycles. The Balaban J connectivity index is 1.59. The average Bonchev–Trinajstić information content (AvgIpc) is 2.59. The molecule has 0 saturated carbocycles. The number of benzene rings is 1. The summed E-state index contributed by atoms with van der Waals surface area (Å²) in [4.78, 5) is 27.2. The second-order valence-electron chi connectivity index (χ2n) is 8.68. The van der Waals surface area contributed by atoms with Crippen molar-refractivity contribution in [1.29, 1.82) is 0 Å². The molecule has 1 aromatic rings. The minimum Gasteiger partial charge on any atom is -0.353 e. The SMILES string of the molecule is CC(C)(C)C(=O)NC1C[C@H]2CCC[C@@H](C1)N2C(=O)NCc1ccccc1. The normalized spacial score (nSPS) is 25.5. The van der Waals surface area contributed by atoms with Gasteiger partial charge in [0.25, 0.3) is 0 Å². The van der Waals surface area contributed by atoms with Crippen molar-refractivity contribution in [3.63, 3.8) is 0 Å². The standard InChI is InChI=1S/C21H31N3O2/c1-21(2,3)19(25)23-16-12-17-10-7-11-18(13-16)24(17)20(26)22-14-15-8-5-4-6-9-15/h4-6,8-9,16-18H,7,10-14H2,1-3H3,(H,22,26)(H,23,25)/t16?,17-,18+. The Labute approximate surface area is 156 Å². The Morgan fingerprint density at radius 2 is 1.69 bits per heavy atom. The predicted molar refractivity (Wildman–Crippen MR) is 103 cm³/mol. The van der Waals surface area contributed by atoms with Crippen molar-refractivity contribution in [2.24, 2.45) is 5.41 Å². The molecule has 5 nitrogen and oxygen atoms in total. The summed E-state index contributed by atoms with van der Waals surface area (Å²) < 4.78 is 0. The Hall–Kier alpha value is -2.04. The Morgan fingerprint density at radius 1 is 1.08 bits per heavy atom. The van der Waals surface area contributed by atoms with Crippen LogP contribution < -0.4 is 10.6 Å². The molecule has 2 aliphatic heterocycles. The summed E-state index contributed by atoms with van der Waals surface area (Å²) in [6, 6.07) is 10.7. The third-order valence-electron chi connectivity index (χ3n) is 5.51. The smallest absolute Gasteiger partial charge is 0.318 e. The van der Waals surface area contributed by atoms with Gasteiger partial charge in [0, 0.05) is 30.1 Å². The average molecular weight is 357 g/mol. The van der Waals surface area contributed by atoms with Gasteiger partial charge in [-0.2, -0.15) is 0 Å². The first-order chi connectivity index (χ1) is 12.3. The Morgan fingerprint density at radius 3 is 2.27 bits per heavy atom. The zero-order valence-electron chi connectivity index (χ0n) is 16.1. The molecule has 2 aliphatic rings. The van der Waals surface area contributed by atoms with Gasteiger partial charge in [0.05, 0.1) is 0 Å². The number of nitrogens with one attached hydrogen (secondary N) is 2. The minimum atomic E-state index is -0.376. The van der Waals surface area contributed by atoms with E-state index in [1.165, 1.54) is 0 Å². The van der Waals surface area contributed by atoms with Crippen LogP contribution in [0.3, 0.4) is 0 Å². The molecule has 3 amide bonds. The number of piperidine rings is 2. The first-order valence-corrected chi connectivity index (χ1v) is 9.75. The minimum absolute atomic E-state index is 0.0316. The van der Waals surface area contributed by atoms with Crippen LogP contribution in [-0.2, 0) is 11.3 Å². The van der Waals surface area contributed by atoms with Crippen LogP contribution in [0.4, 0.5) is 4.79 Å². The zero-order valence-corrected chi connectivity index (χ0v) is 16.1. The molecule has 0 spiro atoms. The number of amides is 3. The van der Waals surface area contributed by atoms with E-state index in [2.05, 4.69) is 10.6 Å². The first-order valence-electron chi connectivity index (χ1n) is 9.75. The summed E-state index contributed by atoms with van der Waals surface area (Å²) in [5, 5.41) is 6.28. The van der Waals surface area contributed by atoms with Gasteiger partial charge in [-0.25, -0.2) is 4.79 Å². The van der Waals surface area contributed by atoms with E-state index in [1.807, 2.05) is 56.0 Å². The molecule has 2 saturated heterocycles. The van der Waals surface area contributed by atoms with Crippen LogP contribution >= 0.6 is 0 Å². The number of rotatable bonds is 3. The van der Waals surface area contributed by atoms with E-state index in [0.29, 0.717) is 6.54 Å². The fourth-order valence-corrected chi connectivity index (χ4v) is 4.10. The van der Waals surface area contributed by atoms with E-state index in [9.17, 15) is 9.59 Å². The molecule has 0 radical (unpaired) electrons. The summed E-state index contributed by atoms with van der Waals surface area (Å²) in [6.45, 7) is 6.37. The lowest BCUT2D eigenvalue weighted by atomic mass is 9.81. The molecule has 2 N–H and O–H groups in total. The van der Waals surface area contributed by atoms with Gasteiger partial charge in [-0.1, -0.05) is 51.1 Å². The van der Waals surface area contributed by atoms with Gasteiger partial charge >= 0.3 is 6.03 Å². The molecule has 1 unspecified atom stereocenters. The molecule has 2 fully saturated rings. The van der Waals surface area contributed by atoms with Crippen molar-refractivity contribution < 1.29 is 9.59 Å². The highest BCUT2D eigenvalue weighted by atomic mass is 16.2. The van der Waals surface area contributed by atoms with Crippen molar-refractivity contribution in [2.75, 3.05) is 0 Å². The highest BCUT2D eigenvalue weighted by molar-refractivity contribution is 5.81. The maximum Gasteiger partial charge on any atom is 0.318 e. The lowest BCUT2D eigenvalue weighted by Gasteiger charge is -2.49. The predicted octanol–water partition coefficient (Wildman–Crippen LogP) is 3.44. The van der Waals surface area contributed by atoms with Gasteiger partial charge in [0.1, 0.15) is 0 Å². The van der Waals surface area contributed by atoms with Gasteiger partial charge in [-0.3, -0.25) is 4.79 Å². The molecule has 0 aromatic heterocycles. The molecule has 2 bridgehead atoms. The van der Waals surface area contributed by atoms with Crippen molar-refractivity contribution >= 4 is 11.9 Å². The van der Waals surface area contributed by atoms with Crippen molar-refractivity contribution in [2.45, 2.75) is 77.5 Å². The third kappa shape index (κ3) is 4.37. The molecule has 26 heavy (non-hydrogen) atoms. The second kappa shape index (κ2) is 7.68. The van der Waals surface area contributed by atoms with Crippen molar-refractivity contribution in [3.8, 4) is 0 Å². The van der Waals surface area contributed by atoms with Gasteiger partial charge in [0.2, 0.25) is 5.91 Å². The van der Waals surface area contributed by atoms with Gasteiger partial charge in [-0.15, -0.1) is 0 Å².